The molecule has 16 heavy (non-hydrogen) atoms. The van der Waals surface area contributed by atoms with E-state index in [4.69, 9.17) is 10.00 Å². The highest BCUT2D eigenvalue weighted by Gasteiger charge is 2.13. The molecule has 4 heteroatoms. The summed E-state index contributed by atoms with van der Waals surface area (Å²) in [5.41, 5.74) is 0.783. The highest BCUT2D eigenvalue weighted by molar-refractivity contribution is 5.43. The van der Waals surface area contributed by atoms with Crippen molar-refractivity contribution in [3.63, 3.8) is 0 Å². The van der Waals surface area contributed by atoms with Crippen molar-refractivity contribution in [2.45, 2.75) is 25.9 Å². The first-order valence-corrected chi connectivity index (χ1v) is 5.11. The van der Waals surface area contributed by atoms with Crippen LogP contribution in [0, 0.1) is 11.3 Å². The minimum atomic E-state index is -0.394. The van der Waals surface area contributed by atoms with Gasteiger partial charge in [-0.1, -0.05) is 6.07 Å². The zero-order valence-electron chi connectivity index (χ0n) is 9.69. The van der Waals surface area contributed by atoms with E-state index in [0.29, 0.717) is 5.75 Å². The van der Waals surface area contributed by atoms with Gasteiger partial charge >= 0.3 is 0 Å². The predicted octanol–water partition coefficient (Wildman–Crippen LogP) is 1.96. The summed E-state index contributed by atoms with van der Waals surface area (Å²) in [6.45, 7) is 3.95. The third kappa shape index (κ3) is 2.88. The summed E-state index contributed by atoms with van der Waals surface area (Å²) in [6, 6.07) is 6.89. The molecule has 0 saturated heterocycles. The number of ether oxygens (including phenoxy) is 1. The Kier molecular flexibility index (Phi) is 4.15. The lowest BCUT2D eigenvalue weighted by atomic mass is 10.1. The number of nitrogens with zero attached hydrogens (tertiary/aromatic N) is 1. The third-order valence-corrected chi connectivity index (χ3v) is 2.17. The van der Waals surface area contributed by atoms with Gasteiger partial charge in [0.1, 0.15) is 6.04 Å². The van der Waals surface area contributed by atoms with Crippen LogP contribution < -0.4 is 10.1 Å². The average molecular weight is 220 g/mol. The second kappa shape index (κ2) is 5.38. The van der Waals surface area contributed by atoms with Gasteiger partial charge in [0, 0.05) is 6.04 Å². The van der Waals surface area contributed by atoms with E-state index in [1.165, 1.54) is 13.2 Å². The maximum atomic E-state index is 9.44. The number of methoxy groups -OCH3 is 1. The Bertz CT molecular complexity index is 396. The highest BCUT2D eigenvalue weighted by Crippen LogP contribution is 2.28. The molecule has 0 radical (unpaired) electrons. The van der Waals surface area contributed by atoms with E-state index in [2.05, 4.69) is 11.4 Å². The van der Waals surface area contributed by atoms with Crippen LogP contribution in [-0.2, 0) is 0 Å². The zero-order valence-corrected chi connectivity index (χ0v) is 9.69. The second-order valence-electron chi connectivity index (χ2n) is 3.81. The Morgan fingerprint density at radius 2 is 2.12 bits per heavy atom. The fourth-order valence-electron chi connectivity index (χ4n) is 1.42. The van der Waals surface area contributed by atoms with Crippen molar-refractivity contribution in [1.82, 2.24) is 5.32 Å². The van der Waals surface area contributed by atoms with Gasteiger partial charge in [-0.25, -0.2) is 0 Å². The van der Waals surface area contributed by atoms with E-state index in [0.717, 1.165) is 5.56 Å². The number of benzene rings is 1. The molecule has 0 bridgehead atoms. The van der Waals surface area contributed by atoms with Gasteiger partial charge < -0.3 is 9.84 Å². The smallest absolute Gasteiger partial charge is 0.160 e. The van der Waals surface area contributed by atoms with Crippen LogP contribution in [0.1, 0.15) is 25.5 Å². The molecule has 0 saturated carbocycles. The molecule has 0 aliphatic carbocycles. The minimum absolute atomic E-state index is 0.0764. The number of phenolic OH excluding ortho intramolecular Hbond substituents is 1. The first kappa shape index (κ1) is 12.3. The quantitative estimate of drug-likeness (QED) is 0.814. The number of hydrogen-bond donors (Lipinski definition) is 2. The minimum Gasteiger partial charge on any atom is -0.504 e. The van der Waals surface area contributed by atoms with Gasteiger partial charge in [-0.3, -0.25) is 5.32 Å². The molecular weight excluding hydrogens is 204 g/mol. The number of rotatable bonds is 4. The van der Waals surface area contributed by atoms with Gasteiger partial charge in [0.25, 0.3) is 0 Å². The Hall–Kier alpha value is -1.73. The van der Waals surface area contributed by atoms with E-state index in [1.54, 1.807) is 12.1 Å². The van der Waals surface area contributed by atoms with Crippen LogP contribution >= 0.6 is 0 Å². The van der Waals surface area contributed by atoms with Crippen LogP contribution in [-0.4, -0.2) is 18.3 Å². The molecule has 2 N–H and O–H groups in total. The molecule has 0 amide bonds. The maximum Gasteiger partial charge on any atom is 0.160 e. The lowest BCUT2D eigenvalue weighted by Crippen LogP contribution is -2.27. The Balaban J connectivity index is 2.98. The highest BCUT2D eigenvalue weighted by atomic mass is 16.5. The molecule has 1 aromatic carbocycles. The van der Waals surface area contributed by atoms with Crippen molar-refractivity contribution in [1.29, 1.82) is 5.26 Å². The van der Waals surface area contributed by atoms with E-state index in [-0.39, 0.29) is 11.8 Å². The van der Waals surface area contributed by atoms with Gasteiger partial charge in [0.2, 0.25) is 0 Å². The van der Waals surface area contributed by atoms with E-state index >= 15 is 0 Å². The van der Waals surface area contributed by atoms with Crippen LogP contribution in [0.25, 0.3) is 0 Å². The lowest BCUT2D eigenvalue weighted by molar-refractivity contribution is 0.372. The molecule has 1 unspecified atom stereocenters. The van der Waals surface area contributed by atoms with Gasteiger partial charge in [0.15, 0.2) is 11.5 Å². The van der Waals surface area contributed by atoms with Crippen molar-refractivity contribution >= 4 is 0 Å². The molecule has 0 aliphatic heterocycles. The molecule has 0 spiro atoms. The van der Waals surface area contributed by atoms with E-state index in [1.807, 2.05) is 13.8 Å². The number of nitrogens with one attached hydrogen (secondary N) is 1. The van der Waals surface area contributed by atoms with Crippen molar-refractivity contribution < 1.29 is 9.84 Å². The average Bonchev–Trinajstić information content (AvgIpc) is 2.26. The van der Waals surface area contributed by atoms with Crippen molar-refractivity contribution in [2.24, 2.45) is 0 Å². The molecule has 1 rings (SSSR count). The van der Waals surface area contributed by atoms with Crippen LogP contribution in [0.2, 0.25) is 0 Å². The summed E-state index contributed by atoms with van der Waals surface area (Å²) >= 11 is 0. The fourth-order valence-corrected chi connectivity index (χ4v) is 1.42. The molecule has 0 heterocycles. The maximum absolute atomic E-state index is 9.44. The van der Waals surface area contributed by atoms with Gasteiger partial charge in [-0.05, 0) is 31.5 Å². The number of phenols is 1. The molecule has 0 fully saturated rings. The van der Waals surface area contributed by atoms with Crippen molar-refractivity contribution in [3.05, 3.63) is 23.8 Å². The first-order valence-electron chi connectivity index (χ1n) is 5.11. The summed E-state index contributed by atoms with van der Waals surface area (Å²) in [4.78, 5) is 0. The Labute approximate surface area is 95.5 Å². The number of hydrogen-bond acceptors (Lipinski definition) is 4. The van der Waals surface area contributed by atoms with Gasteiger partial charge in [-0.2, -0.15) is 5.26 Å². The topological polar surface area (TPSA) is 65.3 Å². The molecule has 1 aromatic rings. The van der Waals surface area contributed by atoms with Crippen LogP contribution in [0.5, 0.6) is 11.5 Å². The molecule has 4 nitrogen and oxygen atoms in total. The molecule has 86 valence electrons. The van der Waals surface area contributed by atoms with Gasteiger partial charge in [0.05, 0.1) is 13.2 Å². The summed E-state index contributed by atoms with van der Waals surface area (Å²) in [5.74, 6) is 0.454. The molecule has 0 aliphatic rings. The summed E-state index contributed by atoms with van der Waals surface area (Å²) in [5, 5.41) is 21.6. The van der Waals surface area contributed by atoms with Crippen molar-refractivity contribution in [3.8, 4) is 17.6 Å². The number of nitriles is 1. The Morgan fingerprint density at radius 1 is 1.44 bits per heavy atom. The summed E-state index contributed by atoms with van der Waals surface area (Å²) in [7, 11) is 1.48. The molecular formula is C12H16N2O2. The van der Waals surface area contributed by atoms with Crippen LogP contribution in [0.3, 0.4) is 0 Å². The normalized spacial score (nSPS) is 12.2. The summed E-state index contributed by atoms with van der Waals surface area (Å²) in [6.07, 6.45) is 0. The zero-order chi connectivity index (χ0) is 12.1. The Morgan fingerprint density at radius 3 is 2.62 bits per heavy atom. The molecule has 1 atom stereocenters. The molecule has 0 aromatic heterocycles. The summed E-state index contributed by atoms with van der Waals surface area (Å²) < 4.78 is 5.00. The van der Waals surface area contributed by atoms with Gasteiger partial charge in [-0.15, -0.1) is 0 Å². The predicted molar refractivity (Wildman–Crippen MR) is 61.3 cm³/mol. The second-order valence-corrected chi connectivity index (χ2v) is 3.81. The van der Waals surface area contributed by atoms with E-state index < -0.39 is 6.04 Å². The van der Waals surface area contributed by atoms with E-state index in [9.17, 15) is 5.11 Å². The lowest BCUT2D eigenvalue weighted by Gasteiger charge is -2.15. The standard InChI is InChI=1S/C12H16N2O2/c1-8(2)14-10(7-13)9-4-5-11(15)12(6-9)16-3/h4-6,8,10,14-15H,1-3H3. The monoisotopic (exact) mass is 220 g/mol. The van der Waals surface area contributed by atoms with Crippen molar-refractivity contribution in [2.75, 3.05) is 7.11 Å². The SMILES string of the molecule is COc1cc(C(C#N)NC(C)C)ccc1O. The van der Waals surface area contributed by atoms with Crippen LogP contribution in [0.4, 0.5) is 0 Å². The largest absolute Gasteiger partial charge is 0.504 e. The van der Waals surface area contributed by atoms with Crippen LogP contribution in [0.15, 0.2) is 18.2 Å². The fraction of sp³-hybridized carbons (Fsp3) is 0.417. The third-order valence-electron chi connectivity index (χ3n) is 2.17. The first-order chi connectivity index (χ1) is 7.58. The number of aromatic hydroxyl groups is 1.